The number of rotatable bonds is 7. The fraction of sp³-hybridized carbons (Fsp3) is 0.385. The van der Waals surface area contributed by atoms with Gasteiger partial charge in [-0.3, -0.25) is 9.59 Å². The predicted octanol–water partition coefficient (Wildman–Crippen LogP) is 5.92. The Morgan fingerprint density at radius 1 is 1.00 bits per heavy atom. The van der Waals surface area contributed by atoms with E-state index in [1.807, 2.05) is 25.2 Å². The summed E-state index contributed by atoms with van der Waals surface area (Å²) in [6.07, 6.45) is 17.8. The molecule has 2 amide bonds. The van der Waals surface area contributed by atoms with E-state index in [2.05, 4.69) is 26.8 Å². The van der Waals surface area contributed by atoms with Crippen LogP contribution in [0.5, 0.6) is 0 Å². The van der Waals surface area contributed by atoms with Gasteiger partial charge in [-0.2, -0.15) is 0 Å². The summed E-state index contributed by atoms with van der Waals surface area (Å²) in [5.41, 5.74) is 3.14. The molecule has 31 heavy (non-hydrogen) atoms. The van der Waals surface area contributed by atoms with E-state index < -0.39 is 0 Å². The van der Waals surface area contributed by atoms with Crippen LogP contribution in [0.4, 0.5) is 0 Å². The van der Waals surface area contributed by atoms with E-state index in [0.717, 1.165) is 24.4 Å². The van der Waals surface area contributed by atoms with Crippen molar-refractivity contribution in [3.8, 4) is 0 Å². The first kappa shape index (κ1) is 22.6. The number of aliphatic hydroxyl groups is 1. The van der Waals surface area contributed by atoms with Crippen LogP contribution in [-0.4, -0.2) is 21.8 Å². The molecule has 0 unspecified atom stereocenters. The van der Waals surface area contributed by atoms with Gasteiger partial charge in [-0.15, -0.1) is 0 Å². The molecule has 0 saturated heterocycles. The Hall–Kier alpha value is -3.08. The number of carbonyl (C=O) groups excluding carboxylic acids is 2. The number of ether oxygens (including phenoxy) is 1. The van der Waals surface area contributed by atoms with Gasteiger partial charge in [0.05, 0.1) is 5.76 Å². The van der Waals surface area contributed by atoms with Crippen molar-refractivity contribution >= 4 is 11.8 Å². The number of hydrogen-bond acceptors (Lipinski definition) is 4. The molecule has 0 saturated carbocycles. The van der Waals surface area contributed by atoms with E-state index in [-0.39, 0.29) is 17.2 Å². The number of allylic oxidation sites excluding steroid dienone is 12. The quantitative estimate of drug-likeness (QED) is 0.315. The summed E-state index contributed by atoms with van der Waals surface area (Å²) in [7, 11) is 0. The molecule has 0 spiro atoms. The highest BCUT2D eigenvalue weighted by Crippen LogP contribution is 2.40. The Kier molecular flexibility index (Phi) is 6.84. The first-order chi connectivity index (χ1) is 14.7. The van der Waals surface area contributed by atoms with Crippen molar-refractivity contribution in [2.75, 3.05) is 0 Å². The maximum atomic E-state index is 11.8. The van der Waals surface area contributed by atoms with Crippen molar-refractivity contribution in [3.05, 3.63) is 82.7 Å². The van der Waals surface area contributed by atoms with Crippen molar-refractivity contribution < 1.29 is 19.4 Å². The minimum atomic E-state index is -0.283. The third-order valence-corrected chi connectivity index (χ3v) is 6.24. The second-order valence-corrected chi connectivity index (χ2v) is 8.55. The number of carbonyl (C=O) groups is 2. The van der Waals surface area contributed by atoms with Crippen molar-refractivity contribution in [2.45, 2.75) is 59.8 Å². The topological polar surface area (TPSA) is 66.8 Å². The van der Waals surface area contributed by atoms with Gasteiger partial charge >= 0.3 is 0 Å². The van der Waals surface area contributed by atoms with Crippen LogP contribution in [-0.2, 0) is 14.3 Å². The van der Waals surface area contributed by atoms with Crippen molar-refractivity contribution in [1.82, 2.24) is 4.90 Å². The van der Waals surface area contributed by atoms with Gasteiger partial charge < -0.3 is 9.84 Å². The molecule has 1 heterocycles. The molecule has 1 aliphatic heterocycles. The maximum Gasteiger partial charge on any atom is 0.257 e. The summed E-state index contributed by atoms with van der Waals surface area (Å²) in [5, 5.41) is 9.70. The zero-order chi connectivity index (χ0) is 22.6. The standard InChI is InChI=1S/C26H31NO4/c1-5-21(28)11-6-18(2)26(3,4)19-7-12-22(13-8-19)31-23-14-9-20(10-15-23)27-24(29)16-17-25(27)30/h6-7,9,11-12,14,16-17,28H,5,8,10,13,15H2,1-4H3/b18-6+,21-11+. The average molecular weight is 422 g/mol. The monoisotopic (exact) mass is 421 g/mol. The molecule has 0 aromatic rings. The molecule has 0 radical (unpaired) electrons. The van der Waals surface area contributed by atoms with Crippen LogP contribution >= 0.6 is 0 Å². The highest BCUT2D eigenvalue weighted by atomic mass is 16.5. The van der Waals surface area contributed by atoms with E-state index in [0.29, 0.717) is 30.7 Å². The number of nitrogens with zero attached hydrogens (tertiary/aromatic N) is 1. The summed E-state index contributed by atoms with van der Waals surface area (Å²) >= 11 is 0. The fourth-order valence-electron chi connectivity index (χ4n) is 3.75. The van der Waals surface area contributed by atoms with Crippen LogP contribution in [0.25, 0.3) is 0 Å². The van der Waals surface area contributed by atoms with Crippen molar-refractivity contribution in [2.24, 2.45) is 5.41 Å². The van der Waals surface area contributed by atoms with Gasteiger partial charge in [0.25, 0.3) is 11.8 Å². The van der Waals surface area contributed by atoms with Crippen LogP contribution < -0.4 is 0 Å². The zero-order valence-electron chi connectivity index (χ0n) is 18.8. The van der Waals surface area contributed by atoms with Gasteiger partial charge in [0.1, 0.15) is 11.5 Å². The van der Waals surface area contributed by atoms with Gasteiger partial charge in [0.2, 0.25) is 0 Å². The average Bonchev–Trinajstić information content (AvgIpc) is 3.10. The highest BCUT2D eigenvalue weighted by Gasteiger charge is 2.29. The summed E-state index contributed by atoms with van der Waals surface area (Å²) < 4.78 is 6.08. The Labute approximate surface area is 184 Å². The summed E-state index contributed by atoms with van der Waals surface area (Å²) in [6, 6.07) is 0. The Morgan fingerprint density at radius 3 is 2.13 bits per heavy atom. The lowest BCUT2D eigenvalue weighted by Crippen LogP contribution is -2.29. The SMILES string of the molecule is CC/C(O)=C\C=C(/C)C(C)(C)C1=CC=C(OC2=CC=C(N3C(=O)C=CC3=O)CC2)CC1. The van der Waals surface area contributed by atoms with Crippen molar-refractivity contribution in [1.29, 1.82) is 0 Å². The smallest absolute Gasteiger partial charge is 0.257 e. The Morgan fingerprint density at radius 2 is 1.61 bits per heavy atom. The molecule has 1 N–H and O–H groups in total. The molecule has 0 bridgehead atoms. The molecular formula is C26H31NO4. The largest absolute Gasteiger partial charge is 0.512 e. The van der Waals surface area contributed by atoms with E-state index in [1.54, 1.807) is 12.2 Å². The predicted molar refractivity (Wildman–Crippen MR) is 121 cm³/mol. The lowest BCUT2D eigenvalue weighted by atomic mass is 9.74. The van der Waals surface area contributed by atoms with Crippen LogP contribution in [0.15, 0.2) is 82.7 Å². The summed E-state index contributed by atoms with van der Waals surface area (Å²) in [4.78, 5) is 24.9. The lowest BCUT2D eigenvalue weighted by molar-refractivity contribution is -0.134. The third kappa shape index (κ3) is 5.16. The molecule has 0 fully saturated rings. The molecule has 5 nitrogen and oxygen atoms in total. The van der Waals surface area contributed by atoms with Crippen molar-refractivity contribution in [3.63, 3.8) is 0 Å². The van der Waals surface area contributed by atoms with Gasteiger partial charge in [-0.1, -0.05) is 44.1 Å². The van der Waals surface area contributed by atoms with Crippen LogP contribution in [0, 0.1) is 5.41 Å². The Balaban J connectivity index is 1.66. The Bertz CT molecular complexity index is 965. The van der Waals surface area contributed by atoms with Crippen LogP contribution in [0.2, 0.25) is 0 Å². The van der Waals surface area contributed by atoms with Gasteiger partial charge in [-0.05, 0) is 44.1 Å². The summed E-state index contributed by atoms with van der Waals surface area (Å²) in [5.74, 6) is 1.58. The lowest BCUT2D eigenvalue weighted by Gasteiger charge is -2.31. The second kappa shape index (κ2) is 9.38. The third-order valence-electron chi connectivity index (χ3n) is 6.24. The van der Waals surface area contributed by atoms with Gasteiger partial charge in [-0.25, -0.2) is 4.90 Å². The van der Waals surface area contributed by atoms with Crippen LogP contribution in [0.1, 0.15) is 59.8 Å². The number of aliphatic hydroxyl groups excluding tert-OH is 1. The fourth-order valence-corrected chi connectivity index (χ4v) is 3.75. The van der Waals surface area contributed by atoms with Gasteiger partial charge in [0, 0.05) is 42.5 Å². The van der Waals surface area contributed by atoms with E-state index >= 15 is 0 Å². The molecule has 3 aliphatic rings. The zero-order valence-corrected chi connectivity index (χ0v) is 18.8. The molecule has 3 rings (SSSR count). The normalized spacial score (nSPS) is 20.5. The number of amides is 2. The molecule has 2 aliphatic carbocycles. The van der Waals surface area contributed by atoms with E-state index in [9.17, 15) is 14.7 Å². The minimum absolute atomic E-state index is 0.100. The molecule has 164 valence electrons. The van der Waals surface area contributed by atoms with Crippen LogP contribution in [0.3, 0.4) is 0 Å². The minimum Gasteiger partial charge on any atom is -0.512 e. The molecule has 0 aromatic carbocycles. The second-order valence-electron chi connectivity index (χ2n) is 8.55. The molecule has 0 atom stereocenters. The molecule has 0 aromatic heterocycles. The highest BCUT2D eigenvalue weighted by molar-refractivity contribution is 6.14. The molecular weight excluding hydrogens is 390 g/mol. The number of hydrogen-bond donors (Lipinski definition) is 1. The van der Waals surface area contributed by atoms with E-state index in [1.165, 1.54) is 28.2 Å². The summed E-state index contributed by atoms with van der Waals surface area (Å²) in [6.45, 7) is 8.43. The number of imide groups is 1. The maximum absolute atomic E-state index is 11.8. The first-order valence-corrected chi connectivity index (χ1v) is 10.8. The first-order valence-electron chi connectivity index (χ1n) is 10.8. The van der Waals surface area contributed by atoms with Gasteiger partial charge in [0.15, 0.2) is 0 Å². The molecule has 5 heteroatoms. The van der Waals surface area contributed by atoms with E-state index in [4.69, 9.17) is 4.74 Å².